The molecule has 16 heavy (non-hydrogen) atoms. The van der Waals surface area contributed by atoms with Crippen molar-refractivity contribution >= 4 is 32.1 Å². The first-order valence-corrected chi connectivity index (χ1v) is 6.42. The summed E-state index contributed by atoms with van der Waals surface area (Å²) < 4.78 is 4.37. The Labute approximate surface area is 107 Å². The average Bonchev–Trinajstić information content (AvgIpc) is 2.73. The van der Waals surface area contributed by atoms with Crippen LogP contribution < -0.4 is 5.32 Å². The first kappa shape index (κ1) is 13.3. The molecule has 0 aliphatic heterocycles. The molecule has 88 valence electrons. The second kappa shape index (κ2) is 6.12. The fraction of sp³-hybridized carbons (Fsp3) is 0.400. The van der Waals surface area contributed by atoms with Crippen molar-refractivity contribution in [2.75, 3.05) is 7.05 Å². The van der Waals surface area contributed by atoms with Gasteiger partial charge in [0.05, 0.1) is 10.6 Å². The second-order valence-corrected chi connectivity index (χ2v) is 4.81. The molecule has 0 aliphatic rings. The maximum absolute atomic E-state index is 10.1. The number of rotatable bonds is 5. The molecule has 0 fully saturated rings. The molecular formula is C10H14BrN3OS. The van der Waals surface area contributed by atoms with Crippen molar-refractivity contribution in [2.24, 2.45) is 0 Å². The third-order valence-electron chi connectivity index (χ3n) is 2.06. The molecule has 4 nitrogen and oxygen atoms in total. The molecule has 6 heteroatoms. The van der Waals surface area contributed by atoms with Gasteiger partial charge in [0.1, 0.15) is 10.7 Å². The molecule has 0 aliphatic carbocycles. The Hall–Kier alpha value is -0.720. The molecule has 0 saturated heterocycles. The van der Waals surface area contributed by atoms with E-state index in [4.69, 9.17) is 5.41 Å². The molecule has 1 aromatic heterocycles. The molecule has 0 radical (unpaired) electrons. The highest BCUT2D eigenvalue weighted by Gasteiger charge is 2.18. The van der Waals surface area contributed by atoms with Gasteiger partial charge < -0.3 is 10.4 Å². The number of aryl methyl sites for hydroxylation is 1. The molecule has 0 amide bonds. The van der Waals surface area contributed by atoms with Gasteiger partial charge in [-0.1, -0.05) is 6.92 Å². The van der Waals surface area contributed by atoms with Gasteiger partial charge in [-0.15, -0.1) is 0 Å². The van der Waals surface area contributed by atoms with E-state index in [9.17, 15) is 5.11 Å². The summed E-state index contributed by atoms with van der Waals surface area (Å²) >= 11 is 4.33. The van der Waals surface area contributed by atoms with E-state index in [0.717, 1.165) is 17.0 Å². The van der Waals surface area contributed by atoms with E-state index < -0.39 is 6.10 Å². The van der Waals surface area contributed by atoms with E-state index in [-0.39, 0.29) is 4.62 Å². The van der Waals surface area contributed by atoms with Crippen LogP contribution in [0.1, 0.15) is 23.6 Å². The van der Waals surface area contributed by atoms with Crippen molar-refractivity contribution in [3.8, 4) is 0 Å². The summed E-state index contributed by atoms with van der Waals surface area (Å²) in [7, 11) is 1.73. The fourth-order valence-corrected chi connectivity index (χ4v) is 2.35. The van der Waals surface area contributed by atoms with Crippen LogP contribution in [0.15, 0.2) is 17.8 Å². The predicted molar refractivity (Wildman–Crippen MR) is 70.2 cm³/mol. The minimum atomic E-state index is -0.808. The van der Waals surface area contributed by atoms with Crippen molar-refractivity contribution in [3.63, 3.8) is 0 Å². The summed E-state index contributed by atoms with van der Waals surface area (Å²) in [6.45, 7) is 2.02. The summed E-state index contributed by atoms with van der Waals surface area (Å²) in [5.74, 6) is 0. The van der Waals surface area contributed by atoms with Gasteiger partial charge in [0.15, 0.2) is 0 Å². The van der Waals surface area contributed by atoms with Crippen LogP contribution in [0, 0.1) is 5.41 Å². The lowest BCUT2D eigenvalue weighted by Gasteiger charge is -2.10. The van der Waals surface area contributed by atoms with Gasteiger partial charge in [0.25, 0.3) is 0 Å². The lowest BCUT2D eigenvalue weighted by Crippen LogP contribution is -2.09. The lowest BCUT2D eigenvalue weighted by atomic mass is 10.1. The largest absolute Gasteiger partial charge is 0.394 e. The number of hydrogen-bond acceptors (Lipinski definition) is 5. The molecule has 1 heterocycles. The Balaban J connectivity index is 2.94. The van der Waals surface area contributed by atoms with E-state index in [0.29, 0.717) is 5.57 Å². The number of nitrogens with zero attached hydrogens (tertiary/aromatic N) is 1. The SMILES string of the molecule is CCc1cc(C(O)/C(=C/NC)C(=N)Br)sn1. The zero-order valence-corrected chi connectivity index (χ0v) is 11.5. The molecule has 0 bridgehead atoms. The Kier molecular flexibility index (Phi) is 5.11. The highest BCUT2D eigenvalue weighted by atomic mass is 79.9. The smallest absolute Gasteiger partial charge is 0.119 e. The van der Waals surface area contributed by atoms with Crippen LogP contribution in [0.4, 0.5) is 0 Å². The van der Waals surface area contributed by atoms with E-state index in [1.54, 1.807) is 13.2 Å². The van der Waals surface area contributed by atoms with E-state index in [2.05, 4.69) is 25.6 Å². The van der Waals surface area contributed by atoms with Crippen molar-refractivity contribution in [3.05, 3.63) is 28.4 Å². The Morgan fingerprint density at radius 1 is 1.81 bits per heavy atom. The van der Waals surface area contributed by atoms with Crippen LogP contribution in [0.2, 0.25) is 0 Å². The molecule has 0 aromatic carbocycles. The first-order chi connectivity index (χ1) is 7.60. The highest BCUT2D eigenvalue weighted by molar-refractivity contribution is 9.18. The van der Waals surface area contributed by atoms with Gasteiger partial charge in [0.2, 0.25) is 0 Å². The maximum atomic E-state index is 10.1. The molecule has 0 spiro atoms. The van der Waals surface area contributed by atoms with Crippen molar-refractivity contribution in [1.29, 1.82) is 5.41 Å². The van der Waals surface area contributed by atoms with Crippen LogP contribution in [0.3, 0.4) is 0 Å². The van der Waals surface area contributed by atoms with Gasteiger partial charge in [-0.25, -0.2) is 0 Å². The van der Waals surface area contributed by atoms with Crippen LogP contribution in [0.5, 0.6) is 0 Å². The van der Waals surface area contributed by atoms with Gasteiger partial charge in [0, 0.05) is 18.8 Å². The summed E-state index contributed by atoms with van der Waals surface area (Å²) in [4.78, 5) is 0.752. The van der Waals surface area contributed by atoms with Crippen LogP contribution in [-0.2, 0) is 6.42 Å². The molecule has 0 saturated carbocycles. The first-order valence-electron chi connectivity index (χ1n) is 4.85. The number of hydrogen-bond donors (Lipinski definition) is 3. The summed E-state index contributed by atoms with van der Waals surface area (Å²) in [5.41, 5.74) is 1.46. The van der Waals surface area contributed by atoms with Crippen LogP contribution in [-0.4, -0.2) is 21.1 Å². The third kappa shape index (κ3) is 3.13. The monoisotopic (exact) mass is 303 g/mol. The molecule has 1 rings (SSSR count). The lowest BCUT2D eigenvalue weighted by molar-refractivity contribution is 0.225. The molecule has 1 atom stereocenters. The van der Waals surface area contributed by atoms with E-state index >= 15 is 0 Å². The molecule has 1 aromatic rings. The third-order valence-corrected chi connectivity index (χ3v) is 3.39. The fourth-order valence-electron chi connectivity index (χ4n) is 1.19. The van der Waals surface area contributed by atoms with E-state index in [1.807, 2.05) is 13.0 Å². The zero-order valence-electron chi connectivity index (χ0n) is 9.12. The quantitative estimate of drug-likeness (QED) is 0.731. The van der Waals surface area contributed by atoms with Gasteiger partial charge in [-0.3, -0.25) is 5.41 Å². The van der Waals surface area contributed by atoms with Gasteiger partial charge in [-0.2, -0.15) is 4.37 Å². The summed E-state index contributed by atoms with van der Waals surface area (Å²) in [6.07, 6.45) is 1.64. The summed E-state index contributed by atoms with van der Waals surface area (Å²) in [5, 5.41) is 20.4. The normalized spacial score (nSPS) is 13.6. The Bertz CT molecular complexity index is 403. The Morgan fingerprint density at radius 3 is 2.94 bits per heavy atom. The van der Waals surface area contributed by atoms with Gasteiger partial charge >= 0.3 is 0 Å². The standard InChI is InChI=1S/C10H14BrN3OS/c1-3-6-4-8(16-14-6)9(15)7(5-13-2)10(11)12/h4-5,9,12-13,15H,3H2,1-2H3/b7-5-,12-10?. The van der Waals surface area contributed by atoms with E-state index in [1.165, 1.54) is 11.5 Å². The topological polar surface area (TPSA) is 69.0 Å². The number of aliphatic hydroxyl groups is 1. The molecule has 3 N–H and O–H groups in total. The Morgan fingerprint density at radius 2 is 2.50 bits per heavy atom. The number of aliphatic hydroxyl groups excluding tert-OH is 1. The second-order valence-electron chi connectivity index (χ2n) is 3.18. The minimum Gasteiger partial charge on any atom is -0.394 e. The minimum absolute atomic E-state index is 0.167. The number of nitrogens with one attached hydrogen (secondary N) is 2. The van der Waals surface area contributed by atoms with Crippen LogP contribution >= 0.6 is 27.5 Å². The average molecular weight is 304 g/mol. The maximum Gasteiger partial charge on any atom is 0.119 e. The summed E-state index contributed by atoms with van der Waals surface area (Å²) in [6, 6.07) is 1.87. The molecular weight excluding hydrogens is 290 g/mol. The number of aromatic nitrogens is 1. The number of halogens is 1. The van der Waals surface area contributed by atoms with Crippen molar-refractivity contribution in [1.82, 2.24) is 9.69 Å². The van der Waals surface area contributed by atoms with Crippen LogP contribution in [0.25, 0.3) is 0 Å². The highest BCUT2D eigenvalue weighted by Crippen LogP contribution is 2.27. The van der Waals surface area contributed by atoms with Gasteiger partial charge in [-0.05, 0) is 39.9 Å². The van der Waals surface area contributed by atoms with Crippen molar-refractivity contribution in [2.45, 2.75) is 19.4 Å². The molecule has 1 unspecified atom stereocenters. The predicted octanol–water partition coefficient (Wildman–Crippen LogP) is 2.21. The zero-order chi connectivity index (χ0) is 12.1. The van der Waals surface area contributed by atoms with Crippen molar-refractivity contribution < 1.29 is 5.11 Å².